The van der Waals surface area contributed by atoms with Gasteiger partial charge in [-0.1, -0.05) is 15.9 Å². The van der Waals surface area contributed by atoms with Crippen LogP contribution in [0.3, 0.4) is 0 Å². The molecule has 14 heavy (non-hydrogen) atoms. The Hall–Kier alpha value is -0.950. The minimum absolute atomic E-state index is 0.0488. The Labute approximate surface area is 92.0 Å². The monoisotopic (exact) mass is 279 g/mol. The minimum Gasteiger partial charge on any atom is -0.465 e. The maximum atomic E-state index is 11.2. The standard InChI is InChI=1S/C7H6BrNO4S/c1-13-7(10)6-4(2-8)5(3-14-6)9(11)12/h3H,2H2,1H3. The van der Waals surface area contributed by atoms with Crippen LogP contribution in [0.25, 0.3) is 0 Å². The molecule has 1 aromatic heterocycles. The first-order chi connectivity index (χ1) is 6.61. The molecular weight excluding hydrogens is 274 g/mol. The highest BCUT2D eigenvalue weighted by molar-refractivity contribution is 9.08. The van der Waals surface area contributed by atoms with Crippen molar-refractivity contribution in [2.75, 3.05) is 7.11 Å². The fourth-order valence-electron chi connectivity index (χ4n) is 0.920. The normalized spacial score (nSPS) is 9.86. The van der Waals surface area contributed by atoms with Gasteiger partial charge in [0.25, 0.3) is 5.69 Å². The van der Waals surface area contributed by atoms with Crippen molar-refractivity contribution in [3.05, 3.63) is 25.9 Å². The van der Waals surface area contributed by atoms with Gasteiger partial charge in [-0.05, 0) is 0 Å². The summed E-state index contributed by atoms with van der Waals surface area (Å²) in [4.78, 5) is 21.5. The third-order valence-corrected chi connectivity index (χ3v) is 3.12. The van der Waals surface area contributed by atoms with E-state index in [4.69, 9.17) is 0 Å². The third kappa shape index (κ3) is 1.93. The van der Waals surface area contributed by atoms with E-state index in [1.807, 2.05) is 0 Å². The second-order valence-electron chi connectivity index (χ2n) is 2.31. The van der Waals surface area contributed by atoms with Gasteiger partial charge in [-0.3, -0.25) is 10.1 Å². The summed E-state index contributed by atoms with van der Waals surface area (Å²) in [6.07, 6.45) is 0. The molecule has 0 spiro atoms. The molecule has 0 saturated carbocycles. The minimum atomic E-state index is -0.544. The van der Waals surface area contributed by atoms with Crippen LogP contribution in [0.15, 0.2) is 5.38 Å². The van der Waals surface area contributed by atoms with Crippen LogP contribution in [-0.4, -0.2) is 18.0 Å². The van der Waals surface area contributed by atoms with E-state index < -0.39 is 10.9 Å². The molecule has 1 heterocycles. The highest BCUT2D eigenvalue weighted by atomic mass is 79.9. The van der Waals surface area contributed by atoms with Crippen molar-refractivity contribution in [3.8, 4) is 0 Å². The summed E-state index contributed by atoms with van der Waals surface area (Å²) in [5, 5.41) is 12.1. The summed E-state index contributed by atoms with van der Waals surface area (Å²) >= 11 is 4.11. The number of methoxy groups -OCH3 is 1. The molecule has 0 aliphatic carbocycles. The number of carbonyl (C=O) groups is 1. The first kappa shape index (κ1) is 11.1. The molecule has 0 aliphatic heterocycles. The lowest BCUT2D eigenvalue weighted by molar-refractivity contribution is -0.385. The van der Waals surface area contributed by atoms with Gasteiger partial charge in [0.05, 0.1) is 23.0 Å². The zero-order valence-corrected chi connectivity index (χ0v) is 9.55. The van der Waals surface area contributed by atoms with Crippen LogP contribution in [0.4, 0.5) is 5.69 Å². The number of thiophene rings is 1. The average molecular weight is 280 g/mol. The zero-order chi connectivity index (χ0) is 10.7. The Morgan fingerprint density at radius 3 is 2.86 bits per heavy atom. The van der Waals surface area contributed by atoms with E-state index in [9.17, 15) is 14.9 Å². The molecule has 0 atom stereocenters. The predicted octanol–water partition coefficient (Wildman–Crippen LogP) is 2.34. The molecule has 0 aromatic carbocycles. The van der Waals surface area contributed by atoms with Crippen LogP contribution in [0.1, 0.15) is 15.2 Å². The number of nitro groups is 1. The van der Waals surface area contributed by atoms with Crippen LogP contribution in [-0.2, 0) is 10.1 Å². The van der Waals surface area contributed by atoms with Crippen molar-refractivity contribution in [1.82, 2.24) is 0 Å². The molecule has 0 radical (unpaired) electrons. The third-order valence-electron chi connectivity index (χ3n) is 1.57. The molecule has 7 heteroatoms. The molecule has 0 fully saturated rings. The van der Waals surface area contributed by atoms with Crippen LogP contribution in [0.5, 0.6) is 0 Å². The van der Waals surface area contributed by atoms with E-state index in [1.54, 1.807) is 0 Å². The molecule has 0 N–H and O–H groups in total. The summed E-state index contributed by atoms with van der Waals surface area (Å²) in [5.41, 5.74) is 0.319. The Bertz CT molecular complexity index is 376. The van der Waals surface area contributed by atoms with Crippen LogP contribution < -0.4 is 0 Å². The maximum absolute atomic E-state index is 11.2. The Balaban J connectivity index is 3.20. The number of hydrogen-bond acceptors (Lipinski definition) is 5. The van der Waals surface area contributed by atoms with Gasteiger partial charge in [-0.25, -0.2) is 4.79 Å². The number of nitrogens with zero attached hydrogens (tertiary/aromatic N) is 1. The van der Waals surface area contributed by atoms with Crippen LogP contribution >= 0.6 is 27.3 Å². The van der Waals surface area contributed by atoms with Gasteiger partial charge in [-0.2, -0.15) is 0 Å². The van der Waals surface area contributed by atoms with Gasteiger partial charge >= 0.3 is 5.97 Å². The molecule has 0 saturated heterocycles. The molecule has 0 aliphatic rings. The van der Waals surface area contributed by atoms with Crippen molar-refractivity contribution < 1.29 is 14.5 Å². The highest BCUT2D eigenvalue weighted by Gasteiger charge is 2.24. The topological polar surface area (TPSA) is 69.4 Å². The Kier molecular flexibility index (Phi) is 3.59. The molecular formula is C7H6BrNO4S. The number of rotatable bonds is 3. The number of hydrogen-bond donors (Lipinski definition) is 0. The lowest BCUT2D eigenvalue weighted by atomic mass is 10.2. The van der Waals surface area contributed by atoms with Gasteiger partial charge < -0.3 is 4.74 Å². The zero-order valence-electron chi connectivity index (χ0n) is 7.15. The number of carbonyl (C=O) groups excluding carboxylic acids is 1. The van der Waals surface area contributed by atoms with Crippen LogP contribution in [0, 0.1) is 10.1 Å². The van der Waals surface area contributed by atoms with Crippen molar-refractivity contribution in [2.45, 2.75) is 5.33 Å². The highest BCUT2D eigenvalue weighted by Crippen LogP contribution is 2.31. The summed E-state index contributed by atoms with van der Waals surface area (Å²) in [6, 6.07) is 0. The van der Waals surface area contributed by atoms with Gasteiger partial charge in [0.2, 0.25) is 0 Å². The molecule has 0 bridgehead atoms. The van der Waals surface area contributed by atoms with E-state index >= 15 is 0 Å². The van der Waals surface area contributed by atoms with Crippen LogP contribution in [0.2, 0.25) is 0 Å². The lowest BCUT2D eigenvalue weighted by Gasteiger charge is -1.97. The first-order valence-corrected chi connectivity index (χ1v) is 5.51. The van der Waals surface area contributed by atoms with Crippen molar-refractivity contribution >= 4 is 38.9 Å². The SMILES string of the molecule is COC(=O)c1scc([N+](=O)[O-])c1CBr. The molecule has 0 amide bonds. The largest absolute Gasteiger partial charge is 0.465 e. The summed E-state index contributed by atoms with van der Waals surface area (Å²) in [6.45, 7) is 0. The molecule has 5 nitrogen and oxygen atoms in total. The van der Waals surface area contributed by atoms with Crippen molar-refractivity contribution in [3.63, 3.8) is 0 Å². The lowest BCUT2D eigenvalue weighted by Crippen LogP contribution is -2.02. The van der Waals surface area contributed by atoms with Gasteiger partial charge in [-0.15, -0.1) is 11.3 Å². The van der Waals surface area contributed by atoms with E-state index in [0.717, 1.165) is 11.3 Å². The number of esters is 1. The van der Waals surface area contributed by atoms with Gasteiger partial charge in [0.1, 0.15) is 4.88 Å². The van der Waals surface area contributed by atoms with Gasteiger partial charge in [0.15, 0.2) is 0 Å². The summed E-state index contributed by atoms with van der Waals surface area (Å²) < 4.78 is 4.50. The van der Waals surface area contributed by atoms with Crippen molar-refractivity contribution in [2.24, 2.45) is 0 Å². The molecule has 0 unspecified atom stereocenters. The molecule has 76 valence electrons. The van der Waals surface area contributed by atoms with E-state index in [1.165, 1.54) is 12.5 Å². The number of halogens is 1. The average Bonchev–Trinajstić information content (AvgIpc) is 2.59. The molecule has 1 rings (SSSR count). The maximum Gasteiger partial charge on any atom is 0.348 e. The summed E-state index contributed by atoms with van der Waals surface area (Å²) in [5.74, 6) is -0.544. The quantitative estimate of drug-likeness (QED) is 0.369. The van der Waals surface area contributed by atoms with Gasteiger partial charge in [0, 0.05) is 5.33 Å². The fourth-order valence-corrected chi connectivity index (χ4v) is 2.63. The predicted molar refractivity (Wildman–Crippen MR) is 54.9 cm³/mol. The van der Waals surface area contributed by atoms with E-state index in [2.05, 4.69) is 20.7 Å². The number of alkyl halides is 1. The number of ether oxygens (including phenoxy) is 1. The first-order valence-electron chi connectivity index (χ1n) is 3.50. The van der Waals surface area contributed by atoms with E-state index in [0.29, 0.717) is 5.56 Å². The molecule has 1 aromatic rings. The second-order valence-corrected chi connectivity index (χ2v) is 3.75. The smallest absolute Gasteiger partial charge is 0.348 e. The van der Waals surface area contributed by atoms with E-state index in [-0.39, 0.29) is 15.9 Å². The Morgan fingerprint density at radius 1 is 1.79 bits per heavy atom. The fraction of sp³-hybridized carbons (Fsp3) is 0.286. The Morgan fingerprint density at radius 2 is 2.43 bits per heavy atom. The second kappa shape index (κ2) is 4.52. The van der Waals surface area contributed by atoms with Crippen molar-refractivity contribution in [1.29, 1.82) is 0 Å². The summed E-state index contributed by atoms with van der Waals surface area (Å²) in [7, 11) is 1.24.